The van der Waals surface area contributed by atoms with Gasteiger partial charge in [0.05, 0.1) is 30.4 Å². The molecule has 0 radical (unpaired) electrons. The smallest absolute Gasteiger partial charge is 0.202 e. The van der Waals surface area contributed by atoms with Crippen molar-refractivity contribution >= 4 is 10.9 Å². The molecule has 0 bridgehead atoms. The lowest BCUT2D eigenvalue weighted by molar-refractivity contribution is 0.418. The van der Waals surface area contributed by atoms with Crippen LogP contribution in [0, 0.1) is 6.92 Å². The molecule has 0 atom stereocenters. The van der Waals surface area contributed by atoms with Crippen molar-refractivity contribution in [2.45, 2.75) is 6.92 Å². The topological polar surface area (TPSA) is 92.4 Å². The molecule has 7 nitrogen and oxygen atoms in total. The van der Waals surface area contributed by atoms with E-state index in [1.165, 1.54) is 0 Å². The van der Waals surface area contributed by atoms with Crippen molar-refractivity contribution in [2.75, 3.05) is 7.11 Å². The number of nitrogens with one attached hydrogen (secondary N) is 2. The molecule has 3 rings (SSSR count). The molecule has 86 valence electrons. The Labute approximate surface area is 96.2 Å². The van der Waals surface area contributed by atoms with E-state index in [0.717, 1.165) is 16.7 Å². The molecule has 0 unspecified atom stereocenters. The number of methoxy groups -OCH3 is 1. The number of aromatic amines is 2. The zero-order valence-corrected chi connectivity index (χ0v) is 9.35. The predicted molar refractivity (Wildman–Crippen MR) is 60.6 cm³/mol. The summed E-state index contributed by atoms with van der Waals surface area (Å²) < 4.78 is 5.27. The number of pyridine rings is 1. The first-order valence-electron chi connectivity index (χ1n) is 5.05. The molecule has 17 heavy (non-hydrogen) atoms. The van der Waals surface area contributed by atoms with Crippen molar-refractivity contribution in [1.82, 2.24) is 30.4 Å². The molecule has 0 fully saturated rings. The second kappa shape index (κ2) is 3.55. The highest BCUT2D eigenvalue weighted by Crippen LogP contribution is 2.30. The third-order valence-electron chi connectivity index (χ3n) is 2.47. The molecule has 0 aliphatic heterocycles. The zero-order valence-electron chi connectivity index (χ0n) is 9.35. The number of fused-ring (bicyclic) bond motifs is 1. The van der Waals surface area contributed by atoms with Crippen LogP contribution in [0.3, 0.4) is 0 Å². The molecule has 0 spiro atoms. The Hall–Kier alpha value is -2.44. The maximum atomic E-state index is 5.27. The fraction of sp³-hybridized carbons (Fsp3) is 0.200. The van der Waals surface area contributed by atoms with E-state index in [1.54, 1.807) is 19.5 Å². The van der Waals surface area contributed by atoms with Crippen LogP contribution in [0.4, 0.5) is 0 Å². The Bertz CT molecular complexity index is 670. The lowest BCUT2D eigenvalue weighted by Crippen LogP contribution is -1.87. The third-order valence-corrected chi connectivity index (χ3v) is 2.47. The number of ether oxygens (including phenoxy) is 1. The van der Waals surface area contributed by atoms with Crippen molar-refractivity contribution in [2.24, 2.45) is 0 Å². The summed E-state index contributed by atoms with van der Waals surface area (Å²) >= 11 is 0. The Morgan fingerprint density at radius 2 is 2.06 bits per heavy atom. The summed E-state index contributed by atoms with van der Waals surface area (Å²) in [5.41, 5.74) is 1.45. The van der Waals surface area contributed by atoms with Crippen molar-refractivity contribution in [1.29, 1.82) is 0 Å². The van der Waals surface area contributed by atoms with Gasteiger partial charge in [-0.1, -0.05) is 0 Å². The number of H-pyrrole nitrogens is 2. The van der Waals surface area contributed by atoms with Gasteiger partial charge in [-0.2, -0.15) is 10.2 Å². The SMILES string of the molecule is COc1cncc2[nH]nc(-c3n[nH]c(C)n3)c12. The molecule has 3 aromatic heterocycles. The lowest BCUT2D eigenvalue weighted by atomic mass is 10.2. The Morgan fingerprint density at radius 1 is 1.18 bits per heavy atom. The Kier molecular flexibility index (Phi) is 2.04. The first-order valence-corrected chi connectivity index (χ1v) is 5.05. The molecule has 0 saturated carbocycles. The Morgan fingerprint density at radius 3 is 2.76 bits per heavy atom. The van der Waals surface area contributed by atoms with Gasteiger partial charge in [-0.15, -0.1) is 0 Å². The number of aromatic nitrogens is 6. The second-order valence-electron chi connectivity index (χ2n) is 3.58. The lowest BCUT2D eigenvalue weighted by Gasteiger charge is -2.00. The van der Waals surface area contributed by atoms with E-state index < -0.39 is 0 Å². The minimum atomic E-state index is 0.540. The fourth-order valence-electron chi connectivity index (χ4n) is 1.71. The highest BCUT2D eigenvalue weighted by atomic mass is 16.5. The average molecular weight is 230 g/mol. The number of hydrogen-bond donors (Lipinski definition) is 2. The number of rotatable bonds is 2. The Balaban J connectivity index is 2.30. The molecule has 0 aliphatic rings. The molecule has 3 aromatic rings. The first kappa shape index (κ1) is 9.76. The molecule has 0 saturated heterocycles. The average Bonchev–Trinajstić information content (AvgIpc) is 2.94. The van der Waals surface area contributed by atoms with Crippen LogP contribution in [0.25, 0.3) is 22.4 Å². The number of hydrogen-bond acceptors (Lipinski definition) is 5. The molecule has 3 heterocycles. The summed E-state index contributed by atoms with van der Waals surface area (Å²) in [5.74, 6) is 1.93. The van der Waals surface area contributed by atoms with Gasteiger partial charge in [-0.3, -0.25) is 15.2 Å². The van der Waals surface area contributed by atoms with Crippen LogP contribution < -0.4 is 4.74 Å². The van der Waals surface area contributed by atoms with Gasteiger partial charge < -0.3 is 4.74 Å². The van der Waals surface area contributed by atoms with Crippen LogP contribution in [0.15, 0.2) is 12.4 Å². The highest BCUT2D eigenvalue weighted by molar-refractivity contribution is 5.95. The zero-order chi connectivity index (χ0) is 11.8. The van der Waals surface area contributed by atoms with E-state index in [0.29, 0.717) is 17.3 Å². The summed E-state index contributed by atoms with van der Waals surface area (Å²) in [6.45, 7) is 1.84. The van der Waals surface area contributed by atoms with E-state index in [2.05, 4.69) is 30.4 Å². The number of nitrogens with zero attached hydrogens (tertiary/aromatic N) is 4. The van der Waals surface area contributed by atoms with Crippen molar-refractivity contribution < 1.29 is 4.74 Å². The van der Waals surface area contributed by atoms with Gasteiger partial charge in [0.1, 0.15) is 17.3 Å². The van der Waals surface area contributed by atoms with Gasteiger partial charge in [0.15, 0.2) is 0 Å². The van der Waals surface area contributed by atoms with Gasteiger partial charge in [0.25, 0.3) is 0 Å². The maximum Gasteiger partial charge on any atom is 0.202 e. The van der Waals surface area contributed by atoms with E-state index in [4.69, 9.17) is 4.74 Å². The van der Waals surface area contributed by atoms with Gasteiger partial charge in [-0.05, 0) is 6.92 Å². The third kappa shape index (κ3) is 1.43. The quantitative estimate of drug-likeness (QED) is 0.686. The minimum absolute atomic E-state index is 0.540. The van der Waals surface area contributed by atoms with Gasteiger partial charge >= 0.3 is 0 Å². The summed E-state index contributed by atoms with van der Waals surface area (Å²) in [6, 6.07) is 0. The standard InChI is InChI=1S/C10H10N6O/c1-5-12-10(16-13-5)9-8-6(14-15-9)3-11-4-7(8)17-2/h3-4H,1-2H3,(H,14,15)(H,12,13,16). The molecular formula is C10H10N6O. The van der Waals surface area contributed by atoms with Crippen LogP contribution in [0.1, 0.15) is 5.82 Å². The summed E-state index contributed by atoms with van der Waals surface area (Å²) in [6.07, 6.45) is 3.33. The van der Waals surface area contributed by atoms with Gasteiger partial charge in [0, 0.05) is 0 Å². The first-order chi connectivity index (χ1) is 8.29. The monoisotopic (exact) mass is 230 g/mol. The van der Waals surface area contributed by atoms with Crippen LogP contribution >= 0.6 is 0 Å². The molecule has 0 amide bonds. The fourth-order valence-corrected chi connectivity index (χ4v) is 1.71. The van der Waals surface area contributed by atoms with Crippen molar-refractivity contribution in [3.63, 3.8) is 0 Å². The highest BCUT2D eigenvalue weighted by Gasteiger charge is 2.16. The molecule has 0 aliphatic carbocycles. The van der Waals surface area contributed by atoms with Crippen molar-refractivity contribution in [3.8, 4) is 17.3 Å². The number of aryl methyl sites for hydroxylation is 1. The van der Waals surface area contributed by atoms with Crippen LogP contribution in [0.5, 0.6) is 5.75 Å². The minimum Gasteiger partial charge on any atom is -0.494 e. The van der Waals surface area contributed by atoms with E-state index in [9.17, 15) is 0 Å². The second-order valence-corrected chi connectivity index (χ2v) is 3.58. The summed E-state index contributed by atoms with van der Waals surface area (Å²) in [7, 11) is 1.59. The molecule has 0 aromatic carbocycles. The van der Waals surface area contributed by atoms with Crippen LogP contribution in [-0.4, -0.2) is 37.5 Å². The largest absolute Gasteiger partial charge is 0.494 e. The van der Waals surface area contributed by atoms with Crippen LogP contribution in [0.2, 0.25) is 0 Å². The summed E-state index contributed by atoms with van der Waals surface area (Å²) in [4.78, 5) is 8.30. The van der Waals surface area contributed by atoms with Gasteiger partial charge in [0.2, 0.25) is 5.82 Å². The normalized spacial score (nSPS) is 10.9. The maximum absolute atomic E-state index is 5.27. The van der Waals surface area contributed by atoms with Gasteiger partial charge in [-0.25, -0.2) is 4.98 Å². The molecule has 7 heteroatoms. The van der Waals surface area contributed by atoms with E-state index >= 15 is 0 Å². The summed E-state index contributed by atoms with van der Waals surface area (Å²) in [5, 5.41) is 14.8. The van der Waals surface area contributed by atoms with E-state index in [1.807, 2.05) is 6.92 Å². The molecular weight excluding hydrogens is 220 g/mol. The van der Waals surface area contributed by atoms with Crippen LogP contribution in [-0.2, 0) is 0 Å². The predicted octanol–water partition coefficient (Wildman–Crippen LogP) is 1.06. The van der Waals surface area contributed by atoms with E-state index in [-0.39, 0.29) is 0 Å². The van der Waals surface area contributed by atoms with Crippen molar-refractivity contribution in [3.05, 3.63) is 18.2 Å². The molecule has 2 N–H and O–H groups in total.